The van der Waals surface area contributed by atoms with Crippen LogP contribution >= 0.6 is 0 Å². The molecule has 1 aliphatic heterocycles. The second-order valence-electron chi connectivity index (χ2n) is 3.33. The standard InChI is InChI=1S/C9H18N2O2/c1-13-7-3-6-11-5-2-4-10-9(12)8-11/h2-8H2,1H3,(H,10,12). The number of methoxy groups -OCH3 is 1. The maximum Gasteiger partial charge on any atom is 0.234 e. The molecule has 0 bridgehead atoms. The number of nitrogens with zero attached hydrogens (tertiary/aromatic N) is 1. The van der Waals surface area contributed by atoms with Crippen molar-refractivity contribution in [3.63, 3.8) is 0 Å². The number of rotatable bonds is 4. The van der Waals surface area contributed by atoms with Crippen LogP contribution in [0.15, 0.2) is 0 Å². The molecule has 1 amide bonds. The van der Waals surface area contributed by atoms with Gasteiger partial charge in [-0.05, 0) is 12.8 Å². The number of carbonyl (C=O) groups excluding carboxylic acids is 1. The highest BCUT2D eigenvalue weighted by molar-refractivity contribution is 5.78. The van der Waals surface area contributed by atoms with Gasteiger partial charge < -0.3 is 10.1 Å². The summed E-state index contributed by atoms with van der Waals surface area (Å²) in [4.78, 5) is 13.3. The van der Waals surface area contributed by atoms with Gasteiger partial charge in [0.15, 0.2) is 0 Å². The monoisotopic (exact) mass is 186 g/mol. The number of carbonyl (C=O) groups is 1. The van der Waals surface area contributed by atoms with Gasteiger partial charge in [0, 0.05) is 33.4 Å². The number of amides is 1. The van der Waals surface area contributed by atoms with E-state index in [1.807, 2.05) is 0 Å². The first-order chi connectivity index (χ1) is 6.33. The van der Waals surface area contributed by atoms with Crippen molar-refractivity contribution >= 4 is 5.91 Å². The fraction of sp³-hybridized carbons (Fsp3) is 0.889. The van der Waals surface area contributed by atoms with E-state index in [1.54, 1.807) is 7.11 Å². The third-order valence-corrected chi connectivity index (χ3v) is 2.16. The molecule has 0 unspecified atom stereocenters. The van der Waals surface area contributed by atoms with E-state index >= 15 is 0 Å². The second kappa shape index (κ2) is 5.94. The van der Waals surface area contributed by atoms with Crippen molar-refractivity contribution in [3.05, 3.63) is 0 Å². The molecule has 0 atom stereocenters. The maximum atomic E-state index is 11.1. The molecule has 13 heavy (non-hydrogen) atoms. The Hall–Kier alpha value is -0.610. The van der Waals surface area contributed by atoms with Crippen LogP contribution in [0.3, 0.4) is 0 Å². The van der Waals surface area contributed by atoms with Gasteiger partial charge >= 0.3 is 0 Å². The van der Waals surface area contributed by atoms with Crippen molar-refractivity contribution in [3.8, 4) is 0 Å². The lowest BCUT2D eigenvalue weighted by Gasteiger charge is -2.17. The van der Waals surface area contributed by atoms with Gasteiger partial charge in [0.1, 0.15) is 0 Å². The lowest BCUT2D eigenvalue weighted by atomic mass is 10.3. The van der Waals surface area contributed by atoms with E-state index in [1.165, 1.54) is 0 Å². The molecule has 1 heterocycles. The van der Waals surface area contributed by atoms with Gasteiger partial charge in [-0.15, -0.1) is 0 Å². The molecule has 4 nitrogen and oxygen atoms in total. The summed E-state index contributed by atoms with van der Waals surface area (Å²) in [6, 6.07) is 0. The quantitative estimate of drug-likeness (QED) is 0.621. The van der Waals surface area contributed by atoms with Crippen LogP contribution in [0.25, 0.3) is 0 Å². The van der Waals surface area contributed by atoms with Crippen molar-refractivity contribution in [2.24, 2.45) is 0 Å². The Morgan fingerprint density at radius 3 is 3.23 bits per heavy atom. The molecule has 76 valence electrons. The Morgan fingerprint density at radius 1 is 1.62 bits per heavy atom. The predicted molar refractivity (Wildman–Crippen MR) is 50.6 cm³/mol. The molecule has 4 heteroatoms. The second-order valence-corrected chi connectivity index (χ2v) is 3.33. The molecule has 1 saturated heterocycles. The largest absolute Gasteiger partial charge is 0.385 e. The zero-order valence-electron chi connectivity index (χ0n) is 8.21. The first-order valence-electron chi connectivity index (χ1n) is 4.81. The van der Waals surface area contributed by atoms with Gasteiger partial charge in [-0.3, -0.25) is 9.69 Å². The molecule has 0 spiro atoms. The minimum Gasteiger partial charge on any atom is -0.385 e. The van der Waals surface area contributed by atoms with E-state index in [2.05, 4.69) is 10.2 Å². The van der Waals surface area contributed by atoms with Crippen LogP contribution in [0.2, 0.25) is 0 Å². The number of ether oxygens (including phenoxy) is 1. The van der Waals surface area contributed by atoms with Gasteiger partial charge in [-0.1, -0.05) is 0 Å². The van der Waals surface area contributed by atoms with Crippen molar-refractivity contribution < 1.29 is 9.53 Å². The molecule has 0 aliphatic carbocycles. The zero-order valence-corrected chi connectivity index (χ0v) is 8.21. The molecule has 1 aliphatic rings. The molecule has 0 saturated carbocycles. The normalized spacial score (nSPS) is 19.6. The van der Waals surface area contributed by atoms with Crippen molar-refractivity contribution in [1.29, 1.82) is 0 Å². The summed E-state index contributed by atoms with van der Waals surface area (Å²) in [5.41, 5.74) is 0. The summed E-state index contributed by atoms with van der Waals surface area (Å²) in [7, 11) is 1.70. The van der Waals surface area contributed by atoms with Gasteiger partial charge in [0.2, 0.25) is 5.91 Å². The third-order valence-electron chi connectivity index (χ3n) is 2.16. The fourth-order valence-electron chi connectivity index (χ4n) is 1.49. The van der Waals surface area contributed by atoms with E-state index in [9.17, 15) is 4.79 Å². The molecular formula is C9H18N2O2. The van der Waals surface area contributed by atoms with Crippen LogP contribution in [0, 0.1) is 0 Å². The predicted octanol–water partition coefficient (Wildman–Crippen LogP) is -0.155. The highest BCUT2D eigenvalue weighted by Gasteiger charge is 2.13. The average molecular weight is 186 g/mol. The SMILES string of the molecule is COCCCN1CCCNC(=O)C1. The molecular weight excluding hydrogens is 168 g/mol. The van der Waals surface area contributed by atoms with Crippen LogP contribution in [0.5, 0.6) is 0 Å². The Labute approximate surface area is 79.2 Å². The number of nitrogens with one attached hydrogen (secondary N) is 1. The maximum absolute atomic E-state index is 11.1. The molecule has 1 fully saturated rings. The Bertz CT molecular complexity index is 162. The lowest BCUT2D eigenvalue weighted by Crippen LogP contribution is -2.33. The Kier molecular flexibility index (Phi) is 4.78. The minimum absolute atomic E-state index is 0.148. The highest BCUT2D eigenvalue weighted by atomic mass is 16.5. The van der Waals surface area contributed by atoms with E-state index in [0.717, 1.165) is 39.1 Å². The zero-order chi connectivity index (χ0) is 9.52. The highest BCUT2D eigenvalue weighted by Crippen LogP contribution is 1.97. The summed E-state index contributed by atoms with van der Waals surface area (Å²) < 4.78 is 4.96. The molecule has 0 aromatic rings. The summed E-state index contributed by atoms with van der Waals surface area (Å²) >= 11 is 0. The van der Waals surface area contributed by atoms with Crippen LogP contribution in [-0.2, 0) is 9.53 Å². The Balaban J connectivity index is 2.19. The van der Waals surface area contributed by atoms with E-state index in [0.29, 0.717) is 6.54 Å². The first kappa shape index (κ1) is 10.5. The number of hydrogen-bond acceptors (Lipinski definition) is 3. The van der Waals surface area contributed by atoms with Crippen molar-refractivity contribution in [1.82, 2.24) is 10.2 Å². The van der Waals surface area contributed by atoms with Gasteiger partial charge in [-0.25, -0.2) is 0 Å². The number of hydrogen-bond donors (Lipinski definition) is 1. The topological polar surface area (TPSA) is 41.6 Å². The van der Waals surface area contributed by atoms with Crippen LogP contribution < -0.4 is 5.32 Å². The van der Waals surface area contributed by atoms with Gasteiger partial charge in [0.25, 0.3) is 0 Å². The van der Waals surface area contributed by atoms with Crippen LogP contribution in [0.4, 0.5) is 0 Å². The van der Waals surface area contributed by atoms with Crippen LogP contribution in [0.1, 0.15) is 12.8 Å². The minimum atomic E-state index is 0.148. The average Bonchev–Trinajstić information content (AvgIpc) is 2.31. The first-order valence-corrected chi connectivity index (χ1v) is 4.81. The third kappa shape index (κ3) is 4.24. The summed E-state index contributed by atoms with van der Waals surface area (Å²) in [6.07, 6.45) is 2.06. The molecule has 0 radical (unpaired) electrons. The van der Waals surface area contributed by atoms with Crippen LogP contribution in [-0.4, -0.2) is 50.7 Å². The summed E-state index contributed by atoms with van der Waals surface area (Å²) in [5.74, 6) is 0.148. The molecule has 0 aromatic heterocycles. The summed E-state index contributed by atoms with van der Waals surface area (Å²) in [5, 5.41) is 2.85. The summed E-state index contributed by atoms with van der Waals surface area (Å²) in [6.45, 7) is 4.12. The van der Waals surface area contributed by atoms with E-state index in [4.69, 9.17) is 4.74 Å². The smallest absolute Gasteiger partial charge is 0.234 e. The van der Waals surface area contributed by atoms with Gasteiger partial charge in [-0.2, -0.15) is 0 Å². The van der Waals surface area contributed by atoms with E-state index in [-0.39, 0.29) is 5.91 Å². The van der Waals surface area contributed by atoms with Crippen molar-refractivity contribution in [2.75, 3.05) is 39.9 Å². The lowest BCUT2D eigenvalue weighted by molar-refractivity contribution is -0.121. The fourth-order valence-corrected chi connectivity index (χ4v) is 1.49. The van der Waals surface area contributed by atoms with Gasteiger partial charge in [0.05, 0.1) is 6.54 Å². The Morgan fingerprint density at radius 2 is 2.46 bits per heavy atom. The molecule has 1 rings (SSSR count). The molecule has 1 N–H and O–H groups in total. The molecule has 0 aromatic carbocycles. The van der Waals surface area contributed by atoms with Crippen molar-refractivity contribution in [2.45, 2.75) is 12.8 Å². The van der Waals surface area contributed by atoms with E-state index < -0.39 is 0 Å².